The second-order valence-corrected chi connectivity index (χ2v) is 6.12. The van der Waals surface area contributed by atoms with Gasteiger partial charge in [-0.2, -0.15) is 0 Å². The number of methoxy groups -OCH3 is 1. The molecule has 2 heteroatoms. The highest BCUT2D eigenvalue weighted by Crippen LogP contribution is 2.43. The fraction of sp³-hybridized carbons (Fsp3) is 0.263. The maximum absolute atomic E-state index is 5.60. The van der Waals surface area contributed by atoms with Crippen LogP contribution in [0.1, 0.15) is 30.4 Å². The molecular formula is C19H20OS. The molecular weight excluding hydrogens is 276 g/mol. The molecule has 0 atom stereocenters. The molecule has 0 bridgehead atoms. The summed E-state index contributed by atoms with van der Waals surface area (Å²) in [6.07, 6.45) is 5.64. The van der Waals surface area contributed by atoms with Crippen molar-refractivity contribution in [3.63, 3.8) is 0 Å². The Morgan fingerprint density at radius 3 is 2.43 bits per heavy atom. The third kappa shape index (κ3) is 2.86. The van der Waals surface area contributed by atoms with Gasteiger partial charge in [-0.1, -0.05) is 30.3 Å². The molecule has 0 N–H and O–H groups in total. The van der Waals surface area contributed by atoms with E-state index in [1.54, 1.807) is 18.9 Å². The first-order valence-corrected chi connectivity index (χ1v) is 8.56. The van der Waals surface area contributed by atoms with E-state index in [2.05, 4.69) is 54.8 Å². The molecule has 0 aromatic heterocycles. The summed E-state index contributed by atoms with van der Waals surface area (Å²) < 4.78 is 5.60. The lowest BCUT2D eigenvalue weighted by molar-refractivity contribution is 0.413. The Balaban J connectivity index is 2.13. The van der Waals surface area contributed by atoms with Crippen molar-refractivity contribution in [1.29, 1.82) is 0 Å². The quantitative estimate of drug-likeness (QED) is 0.688. The lowest BCUT2D eigenvalue weighted by atomic mass is 9.96. The molecule has 0 fully saturated rings. The summed E-state index contributed by atoms with van der Waals surface area (Å²) >= 11 is 1.78. The van der Waals surface area contributed by atoms with Gasteiger partial charge in [-0.25, -0.2) is 0 Å². The SMILES string of the molecule is COc1ccc(SC)cc1C1=C(c2ccccc2)CCC1. The predicted molar refractivity (Wildman–Crippen MR) is 91.9 cm³/mol. The second-order valence-electron chi connectivity index (χ2n) is 5.24. The molecule has 0 saturated carbocycles. The van der Waals surface area contributed by atoms with Crippen molar-refractivity contribution in [1.82, 2.24) is 0 Å². The van der Waals surface area contributed by atoms with Gasteiger partial charge in [0.05, 0.1) is 7.11 Å². The molecule has 1 aliphatic rings. The first-order valence-electron chi connectivity index (χ1n) is 7.33. The largest absolute Gasteiger partial charge is 0.496 e. The predicted octanol–water partition coefficient (Wildman–Crippen LogP) is 5.51. The molecule has 0 aliphatic heterocycles. The average molecular weight is 296 g/mol. The monoisotopic (exact) mass is 296 g/mol. The highest BCUT2D eigenvalue weighted by atomic mass is 32.2. The Morgan fingerprint density at radius 2 is 1.71 bits per heavy atom. The molecule has 0 amide bonds. The molecule has 108 valence electrons. The van der Waals surface area contributed by atoms with E-state index in [0.717, 1.165) is 18.6 Å². The minimum absolute atomic E-state index is 0.984. The number of allylic oxidation sites excluding steroid dienone is 2. The number of hydrogen-bond acceptors (Lipinski definition) is 2. The summed E-state index contributed by atoms with van der Waals surface area (Å²) in [5, 5.41) is 0. The smallest absolute Gasteiger partial charge is 0.126 e. The number of benzene rings is 2. The molecule has 0 spiro atoms. The Labute approximate surface area is 131 Å². The number of ether oxygens (including phenoxy) is 1. The summed E-state index contributed by atoms with van der Waals surface area (Å²) in [5.41, 5.74) is 5.54. The Bertz CT molecular complexity index is 659. The van der Waals surface area contributed by atoms with Crippen LogP contribution in [0, 0.1) is 0 Å². The molecule has 3 rings (SSSR count). The van der Waals surface area contributed by atoms with Gasteiger partial charge in [0.25, 0.3) is 0 Å². The summed E-state index contributed by atoms with van der Waals surface area (Å²) in [6, 6.07) is 17.2. The van der Waals surface area contributed by atoms with Gasteiger partial charge < -0.3 is 4.74 Å². The maximum atomic E-state index is 5.60. The van der Waals surface area contributed by atoms with Crippen LogP contribution >= 0.6 is 11.8 Å². The first-order chi connectivity index (χ1) is 10.3. The summed E-state index contributed by atoms with van der Waals surface area (Å²) in [4.78, 5) is 1.29. The van der Waals surface area contributed by atoms with E-state index in [0.29, 0.717) is 0 Å². The lowest BCUT2D eigenvalue weighted by Gasteiger charge is -2.13. The zero-order valence-corrected chi connectivity index (χ0v) is 13.4. The van der Waals surface area contributed by atoms with Crippen LogP contribution in [-0.4, -0.2) is 13.4 Å². The van der Waals surface area contributed by atoms with Gasteiger partial charge in [-0.05, 0) is 60.4 Å². The van der Waals surface area contributed by atoms with E-state index in [1.165, 1.54) is 33.6 Å². The van der Waals surface area contributed by atoms with Crippen molar-refractivity contribution in [3.05, 3.63) is 59.7 Å². The van der Waals surface area contributed by atoms with Crippen LogP contribution in [0.5, 0.6) is 5.75 Å². The van der Waals surface area contributed by atoms with Crippen LogP contribution in [0.4, 0.5) is 0 Å². The van der Waals surface area contributed by atoms with Crippen LogP contribution in [-0.2, 0) is 0 Å². The van der Waals surface area contributed by atoms with Crippen LogP contribution in [0.15, 0.2) is 53.4 Å². The van der Waals surface area contributed by atoms with Crippen LogP contribution in [0.2, 0.25) is 0 Å². The molecule has 2 aromatic rings. The molecule has 21 heavy (non-hydrogen) atoms. The maximum Gasteiger partial charge on any atom is 0.126 e. The van der Waals surface area contributed by atoms with E-state index < -0.39 is 0 Å². The summed E-state index contributed by atoms with van der Waals surface area (Å²) in [5.74, 6) is 0.984. The number of hydrogen-bond donors (Lipinski definition) is 0. The third-order valence-corrected chi connectivity index (χ3v) is 4.80. The second kappa shape index (κ2) is 6.40. The van der Waals surface area contributed by atoms with E-state index >= 15 is 0 Å². The topological polar surface area (TPSA) is 9.23 Å². The van der Waals surface area contributed by atoms with Gasteiger partial charge in [0.1, 0.15) is 5.75 Å². The summed E-state index contributed by atoms with van der Waals surface area (Å²) in [7, 11) is 1.76. The minimum Gasteiger partial charge on any atom is -0.496 e. The summed E-state index contributed by atoms with van der Waals surface area (Å²) in [6.45, 7) is 0. The average Bonchev–Trinajstić information content (AvgIpc) is 3.04. The van der Waals surface area contributed by atoms with Crippen molar-refractivity contribution >= 4 is 22.9 Å². The van der Waals surface area contributed by atoms with Crippen LogP contribution in [0.3, 0.4) is 0 Å². The highest BCUT2D eigenvalue weighted by Gasteiger charge is 2.20. The zero-order chi connectivity index (χ0) is 14.7. The Hall–Kier alpha value is -1.67. The Kier molecular flexibility index (Phi) is 4.35. The van der Waals surface area contributed by atoms with Crippen molar-refractivity contribution in [2.24, 2.45) is 0 Å². The van der Waals surface area contributed by atoms with Gasteiger partial charge in [0.15, 0.2) is 0 Å². The van der Waals surface area contributed by atoms with Gasteiger partial charge in [-0.15, -0.1) is 11.8 Å². The normalized spacial score (nSPS) is 14.6. The third-order valence-electron chi connectivity index (χ3n) is 4.07. The zero-order valence-electron chi connectivity index (χ0n) is 12.6. The van der Waals surface area contributed by atoms with Crippen LogP contribution in [0.25, 0.3) is 11.1 Å². The standard InChI is InChI=1S/C19H20OS/c1-20-19-12-11-15(21-2)13-18(19)17-10-6-9-16(17)14-7-4-3-5-8-14/h3-5,7-8,11-13H,6,9-10H2,1-2H3. The lowest BCUT2D eigenvalue weighted by Crippen LogP contribution is -1.93. The fourth-order valence-corrected chi connectivity index (χ4v) is 3.49. The van der Waals surface area contributed by atoms with E-state index in [4.69, 9.17) is 4.74 Å². The van der Waals surface area contributed by atoms with E-state index in [1.807, 2.05) is 0 Å². The number of rotatable bonds is 4. The minimum atomic E-state index is 0.984. The van der Waals surface area contributed by atoms with Crippen molar-refractivity contribution in [2.45, 2.75) is 24.2 Å². The highest BCUT2D eigenvalue weighted by molar-refractivity contribution is 7.98. The molecule has 2 aromatic carbocycles. The van der Waals surface area contributed by atoms with E-state index in [9.17, 15) is 0 Å². The van der Waals surface area contributed by atoms with Crippen LogP contribution < -0.4 is 4.74 Å². The molecule has 0 heterocycles. The molecule has 0 saturated heterocycles. The number of thioether (sulfide) groups is 1. The molecule has 1 aliphatic carbocycles. The fourth-order valence-electron chi connectivity index (χ4n) is 3.05. The van der Waals surface area contributed by atoms with Crippen molar-refractivity contribution < 1.29 is 4.74 Å². The van der Waals surface area contributed by atoms with Crippen molar-refractivity contribution in [3.8, 4) is 5.75 Å². The molecule has 0 unspecified atom stereocenters. The van der Waals surface area contributed by atoms with E-state index in [-0.39, 0.29) is 0 Å². The van der Waals surface area contributed by atoms with Gasteiger partial charge in [-0.3, -0.25) is 0 Å². The Morgan fingerprint density at radius 1 is 0.952 bits per heavy atom. The first kappa shape index (κ1) is 14.3. The molecule has 1 nitrogen and oxygen atoms in total. The van der Waals surface area contributed by atoms with Gasteiger partial charge >= 0.3 is 0 Å². The molecule has 0 radical (unpaired) electrons. The van der Waals surface area contributed by atoms with Gasteiger partial charge in [0.2, 0.25) is 0 Å². The van der Waals surface area contributed by atoms with Crippen molar-refractivity contribution in [2.75, 3.05) is 13.4 Å². The van der Waals surface area contributed by atoms with Gasteiger partial charge in [0, 0.05) is 10.5 Å².